The molecule has 0 saturated heterocycles. The summed E-state index contributed by atoms with van der Waals surface area (Å²) in [6, 6.07) is 8.14. The van der Waals surface area contributed by atoms with Crippen molar-refractivity contribution in [3.8, 4) is 11.5 Å². The van der Waals surface area contributed by atoms with E-state index in [9.17, 15) is 9.18 Å². The molecule has 0 radical (unpaired) electrons. The molecule has 0 saturated carbocycles. The van der Waals surface area contributed by atoms with Crippen LogP contribution in [0, 0.1) is 10.6 Å². The quantitative estimate of drug-likeness (QED) is 0.626. The Labute approximate surface area is 147 Å². The highest BCUT2D eigenvalue weighted by molar-refractivity contribution is 7.71. The Morgan fingerprint density at radius 3 is 2.92 bits per heavy atom. The fourth-order valence-electron chi connectivity index (χ4n) is 2.80. The molecule has 0 bridgehead atoms. The molecule has 0 atom stereocenters. The van der Waals surface area contributed by atoms with Crippen LogP contribution in [0.15, 0.2) is 30.3 Å². The number of aromatic nitrogens is 2. The van der Waals surface area contributed by atoms with Crippen LogP contribution in [0.2, 0.25) is 0 Å². The zero-order chi connectivity index (χ0) is 17.4. The third kappa shape index (κ3) is 3.08. The molecule has 2 heterocycles. The van der Waals surface area contributed by atoms with Gasteiger partial charge in [0.25, 0.3) is 5.91 Å². The molecule has 6 nitrogen and oxygen atoms in total. The van der Waals surface area contributed by atoms with Gasteiger partial charge in [-0.3, -0.25) is 4.79 Å². The largest absolute Gasteiger partial charge is 0.454 e. The first kappa shape index (κ1) is 15.6. The average Bonchev–Trinajstić information content (AvgIpc) is 3.18. The van der Waals surface area contributed by atoms with Crippen molar-refractivity contribution in [1.29, 1.82) is 0 Å². The first-order valence-electron chi connectivity index (χ1n) is 7.68. The molecule has 3 N–H and O–H groups in total. The second-order valence-electron chi connectivity index (χ2n) is 5.65. The number of aromatic amines is 2. The topological polar surface area (TPSA) is 79.1 Å². The predicted molar refractivity (Wildman–Crippen MR) is 92.0 cm³/mol. The summed E-state index contributed by atoms with van der Waals surface area (Å²) in [6.45, 7) is 0.630. The van der Waals surface area contributed by atoms with Crippen molar-refractivity contribution in [1.82, 2.24) is 15.3 Å². The number of H-pyrrole nitrogens is 2. The Hall–Kier alpha value is -2.87. The molecule has 128 valence electrons. The maximum Gasteiger partial charge on any atom is 0.253 e. The van der Waals surface area contributed by atoms with Gasteiger partial charge < -0.3 is 24.8 Å². The SMILES string of the molecule is O=C(NCCc1ccc2c(c1)OCO2)c1cc(F)cc2[nH]c(=S)[nH]c12. The van der Waals surface area contributed by atoms with Crippen LogP contribution in [0.3, 0.4) is 0 Å². The normalized spacial score (nSPS) is 12.5. The molecule has 0 spiro atoms. The second-order valence-corrected chi connectivity index (χ2v) is 6.06. The lowest BCUT2D eigenvalue weighted by atomic mass is 10.1. The van der Waals surface area contributed by atoms with Crippen LogP contribution in [-0.4, -0.2) is 29.2 Å². The summed E-state index contributed by atoms with van der Waals surface area (Å²) in [7, 11) is 0. The Morgan fingerprint density at radius 1 is 1.20 bits per heavy atom. The van der Waals surface area contributed by atoms with E-state index in [0.717, 1.165) is 11.3 Å². The maximum absolute atomic E-state index is 13.7. The van der Waals surface area contributed by atoms with Gasteiger partial charge in [-0.25, -0.2) is 4.39 Å². The lowest BCUT2D eigenvalue weighted by Gasteiger charge is -2.07. The molecule has 1 aliphatic heterocycles. The number of fused-ring (bicyclic) bond motifs is 2. The number of ether oxygens (including phenoxy) is 2. The first-order chi connectivity index (χ1) is 12.1. The number of carbonyl (C=O) groups excluding carboxylic acids is 1. The molecule has 2 aromatic carbocycles. The summed E-state index contributed by atoms with van der Waals surface area (Å²) >= 11 is 5.01. The molecule has 1 aliphatic rings. The number of carbonyl (C=O) groups is 1. The fourth-order valence-corrected chi connectivity index (χ4v) is 3.01. The standard InChI is InChI=1S/C17H14FN3O3S/c18-10-6-11(15-12(7-10)20-17(25)21-15)16(22)19-4-3-9-1-2-13-14(5-9)24-8-23-13/h1-2,5-7H,3-4,8H2,(H,19,22)(H2,20,21,25). The summed E-state index contributed by atoms with van der Waals surface area (Å²) in [4.78, 5) is 18.1. The molecule has 3 aromatic rings. The van der Waals surface area contributed by atoms with Crippen molar-refractivity contribution in [3.05, 3.63) is 52.0 Å². The predicted octanol–water partition coefficient (Wildman–Crippen LogP) is 3.07. The van der Waals surface area contributed by atoms with E-state index in [4.69, 9.17) is 21.7 Å². The highest BCUT2D eigenvalue weighted by atomic mass is 32.1. The van der Waals surface area contributed by atoms with Gasteiger partial charge in [0, 0.05) is 6.54 Å². The molecule has 0 fully saturated rings. The maximum atomic E-state index is 13.7. The number of halogens is 1. The van der Waals surface area contributed by atoms with Crippen LogP contribution in [-0.2, 0) is 6.42 Å². The van der Waals surface area contributed by atoms with Crippen LogP contribution < -0.4 is 14.8 Å². The van der Waals surface area contributed by atoms with E-state index >= 15 is 0 Å². The molecule has 0 aliphatic carbocycles. The van der Waals surface area contributed by atoms with Crippen molar-refractivity contribution < 1.29 is 18.7 Å². The van der Waals surface area contributed by atoms with Gasteiger partial charge in [0.2, 0.25) is 6.79 Å². The van der Waals surface area contributed by atoms with E-state index in [1.165, 1.54) is 12.1 Å². The highest BCUT2D eigenvalue weighted by Gasteiger charge is 2.15. The zero-order valence-corrected chi connectivity index (χ0v) is 13.8. The monoisotopic (exact) mass is 359 g/mol. The zero-order valence-electron chi connectivity index (χ0n) is 13.0. The number of nitrogens with one attached hydrogen (secondary N) is 3. The van der Waals surface area contributed by atoms with E-state index in [1.54, 1.807) is 0 Å². The lowest BCUT2D eigenvalue weighted by Crippen LogP contribution is -2.26. The summed E-state index contributed by atoms with van der Waals surface area (Å²) in [6.07, 6.45) is 0.615. The van der Waals surface area contributed by atoms with Crippen molar-refractivity contribution in [2.45, 2.75) is 6.42 Å². The van der Waals surface area contributed by atoms with Crippen LogP contribution >= 0.6 is 12.2 Å². The Bertz CT molecular complexity index is 1030. The summed E-state index contributed by atoms with van der Waals surface area (Å²) in [5.74, 6) is 0.558. The van der Waals surface area contributed by atoms with E-state index in [0.29, 0.717) is 34.5 Å². The van der Waals surface area contributed by atoms with Crippen LogP contribution in [0.25, 0.3) is 11.0 Å². The molecule has 4 rings (SSSR count). The smallest absolute Gasteiger partial charge is 0.253 e. The van der Waals surface area contributed by atoms with E-state index in [2.05, 4.69) is 15.3 Å². The summed E-state index contributed by atoms with van der Waals surface area (Å²) < 4.78 is 24.6. The molecule has 1 aromatic heterocycles. The highest BCUT2D eigenvalue weighted by Crippen LogP contribution is 2.32. The van der Waals surface area contributed by atoms with Crippen molar-refractivity contribution in [2.75, 3.05) is 13.3 Å². The molecule has 8 heteroatoms. The van der Waals surface area contributed by atoms with Gasteiger partial charge in [-0.2, -0.15) is 0 Å². The summed E-state index contributed by atoms with van der Waals surface area (Å²) in [5, 5.41) is 2.80. The lowest BCUT2D eigenvalue weighted by molar-refractivity contribution is 0.0955. The minimum atomic E-state index is -0.501. The van der Waals surface area contributed by atoms with Gasteiger partial charge in [-0.05, 0) is 48.5 Å². The minimum absolute atomic E-state index is 0.216. The van der Waals surface area contributed by atoms with Crippen LogP contribution in [0.5, 0.6) is 11.5 Å². The van der Waals surface area contributed by atoms with Gasteiger partial charge in [0.1, 0.15) is 5.82 Å². The number of hydrogen-bond donors (Lipinski definition) is 3. The molecule has 0 unspecified atom stereocenters. The molecule has 25 heavy (non-hydrogen) atoms. The third-order valence-electron chi connectivity index (χ3n) is 3.97. The molecular formula is C17H14FN3O3S. The minimum Gasteiger partial charge on any atom is -0.454 e. The third-order valence-corrected chi connectivity index (χ3v) is 4.17. The number of hydrogen-bond acceptors (Lipinski definition) is 4. The van der Waals surface area contributed by atoms with Gasteiger partial charge in [0.05, 0.1) is 16.6 Å². The van der Waals surface area contributed by atoms with Gasteiger partial charge in [-0.1, -0.05) is 6.07 Å². The van der Waals surface area contributed by atoms with Crippen molar-refractivity contribution in [3.63, 3.8) is 0 Å². The second kappa shape index (κ2) is 6.21. The Morgan fingerprint density at radius 2 is 2.04 bits per heavy atom. The molecular weight excluding hydrogens is 345 g/mol. The van der Waals surface area contributed by atoms with E-state index in [-0.39, 0.29) is 18.3 Å². The average molecular weight is 359 g/mol. The van der Waals surface area contributed by atoms with Crippen LogP contribution in [0.4, 0.5) is 4.39 Å². The number of benzene rings is 2. The van der Waals surface area contributed by atoms with E-state index in [1.807, 2.05) is 18.2 Å². The fraction of sp³-hybridized carbons (Fsp3) is 0.176. The first-order valence-corrected chi connectivity index (χ1v) is 8.09. The number of amides is 1. The van der Waals surface area contributed by atoms with Gasteiger partial charge in [0.15, 0.2) is 16.3 Å². The Balaban J connectivity index is 1.47. The van der Waals surface area contributed by atoms with Crippen molar-refractivity contribution >= 4 is 29.2 Å². The van der Waals surface area contributed by atoms with Gasteiger partial charge >= 0.3 is 0 Å². The summed E-state index contributed by atoms with van der Waals surface area (Å²) in [5.41, 5.74) is 2.18. The van der Waals surface area contributed by atoms with Crippen molar-refractivity contribution in [2.24, 2.45) is 0 Å². The van der Waals surface area contributed by atoms with Crippen LogP contribution in [0.1, 0.15) is 15.9 Å². The molecule has 1 amide bonds. The van der Waals surface area contributed by atoms with Gasteiger partial charge in [-0.15, -0.1) is 0 Å². The number of rotatable bonds is 4. The van der Waals surface area contributed by atoms with E-state index < -0.39 is 5.82 Å². The number of imidazole rings is 1. The Kier molecular flexibility index (Phi) is 3.89.